The van der Waals surface area contributed by atoms with Crippen molar-refractivity contribution in [3.8, 4) is 11.5 Å². The number of carbonyl (C=O) groups is 1. The molecule has 0 saturated heterocycles. The highest BCUT2D eigenvalue weighted by molar-refractivity contribution is 7.89. The molecule has 0 unspecified atom stereocenters. The van der Waals surface area contributed by atoms with Crippen LogP contribution in [-0.4, -0.2) is 30.2 Å². The number of anilines is 1. The third kappa shape index (κ3) is 6.63. The van der Waals surface area contributed by atoms with Gasteiger partial charge in [0.1, 0.15) is 11.5 Å². The molecule has 0 spiro atoms. The molecule has 1 fully saturated rings. The van der Waals surface area contributed by atoms with Crippen molar-refractivity contribution in [3.63, 3.8) is 0 Å². The molecular weight excluding hydrogens is 548 g/mol. The zero-order valence-electron chi connectivity index (χ0n) is 21.2. The number of primary sulfonamides is 1. The monoisotopic (exact) mass is 574 g/mol. The number of para-hydroxylation sites is 1. The van der Waals surface area contributed by atoms with Gasteiger partial charge in [0, 0.05) is 28.6 Å². The fourth-order valence-electron chi connectivity index (χ4n) is 4.17. The third-order valence-corrected chi connectivity index (χ3v) is 8.00. The van der Waals surface area contributed by atoms with Gasteiger partial charge in [-0.3, -0.25) is 5.41 Å². The molecule has 1 heterocycles. The maximum atomic E-state index is 11.7. The Labute approximate surface area is 235 Å². The van der Waals surface area contributed by atoms with Crippen molar-refractivity contribution in [1.29, 1.82) is 5.41 Å². The van der Waals surface area contributed by atoms with E-state index in [0.717, 1.165) is 24.1 Å². The fraction of sp³-hybridized carbons (Fsp3) is 0.138. The molecule has 0 atom stereocenters. The summed E-state index contributed by atoms with van der Waals surface area (Å²) >= 11 is 1.18. The number of thiazole rings is 1. The van der Waals surface area contributed by atoms with Crippen LogP contribution in [-0.2, 0) is 16.4 Å². The summed E-state index contributed by atoms with van der Waals surface area (Å²) in [7, 11) is -3.84. The van der Waals surface area contributed by atoms with Gasteiger partial charge < -0.3 is 15.2 Å². The van der Waals surface area contributed by atoms with Crippen molar-refractivity contribution in [3.05, 3.63) is 112 Å². The topological polar surface area (TPSA) is 155 Å². The largest absolute Gasteiger partial charge is 0.476 e. The molecule has 0 amide bonds. The maximum absolute atomic E-state index is 11.7. The molecular formula is C29H26N4O5S2. The minimum absolute atomic E-state index is 0.00662. The number of carboxylic acids is 1. The molecule has 1 aromatic heterocycles. The van der Waals surface area contributed by atoms with Crippen molar-refractivity contribution in [2.24, 2.45) is 11.1 Å². The molecule has 11 heteroatoms. The number of benzene rings is 3. The van der Waals surface area contributed by atoms with Crippen molar-refractivity contribution in [2.45, 2.75) is 24.2 Å². The van der Waals surface area contributed by atoms with E-state index in [1.807, 2.05) is 48.5 Å². The molecule has 1 aliphatic carbocycles. The number of rotatable bonds is 11. The number of nitrogens with one attached hydrogen (secondary N) is 2. The highest BCUT2D eigenvalue weighted by Crippen LogP contribution is 2.40. The number of aromatic carboxylic acids is 1. The molecule has 9 nitrogen and oxygen atoms in total. The average Bonchev–Trinajstić information content (AvgIpc) is 3.67. The molecule has 0 aliphatic heterocycles. The number of carboxylic acid groups (broad SMARTS) is 1. The lowest BCUT2D eigenvalue weighted by Crippen LogP contribution is -2.16. The zero-order valence-corrected chi connectivity index (χ0v) is 22.8. The lowest BCUT2D eigenvalue weighted by molar-refractivity contribution is 0.0691. The van der Waals surface area contributed by atoms with E-state index in [2.05, 4.69) is 10.3 Å². The number of hydrogen-bond acceptors (Lipinski definition) is 8. The summed E-state index contributed by atoms with van der Waals surface area (Å²) < 4.78 is 29.5. The first-order valence-corrected chi connectivity index (χ1v) is 14.8. The van der Waals surface area contributed by atoms with Crippen LogP contribution in [0.2, 0.25) is 0 Å². The molecule has 0 radical (unpaired) electrons. The number of aromatic nitrogens is 1. The third-order valence-electron chi connectivity index (χ3n) is 6.31. The number of sulfonamides is 1. The fourth-order valence-corrected chi connectivity index (χ4v) is 5.39. The van der Waals surface area contributed by atoms with Crippen molar-refractivity contribution in [1.82, 2.24) is 4.98 Å². The first-order valence-electron chi connectivity index (χ1n) is 12.4. The molecule has 0 bridgehead atoms. The van der Waals surface area contributed by atoms with Gasteiger partial charge in [-0.05, 0) is 60.7 Å². The number of ether oxygens (including phenoxy) is 1. The maximum Gasteiger partial charge on any atom is 0.355 e. The first-order chi connectivity index (χ1) is 19.2. The van der Waals surface area contributed by atoms with Crippen molar-refractivity contribution >= 4 is 38.2 Å². The number of nitrogens with zero attached hydrogens (tertiary/aromatic N) is 1. The first kappa shape index (κ1) is 27.3. The highest BCUT2D eigenvalue weighted by Gasteiger charge is 2.31. The molecule has 1 saturated carbocycles. The lowest BCUT2D eigenvalue weighted by Gasteiger charge is -2.18. The van der Waals surface area contributed by atoms with Crippen LogP contribution in [0.3, 0.4) is 0 Å². The van der Waals surface area contributed by atoms with E-state index in [4.69, 9.17) is 9.88 Å². The Bertz CT molecular complexity index is 1690. The predicted molar refractivity (Wildman–Crippen MR) is 154 cm³/mol. The number of hydrogen-bond donors (Lipinski definition) is 4. The molecule has 204 valence electrons. The highest BCUT2D eigenvalue weighted by atomic mass is 32.2. The van der Waals surface area contributed by atoms with Crippen LogP contribution in [0.5, 0.6) is 11.5 Å². The summed E-state index contributed by atoms with van der Waals surface area (Å²) in [6.45, 7) is 0. The smallest absolute Gasteiger partial charge is 0.355 e. The molecule has 3 aromatic carbocycles. The summed E-state index contributed by atoms with van der Waals surface area (Å²) in [6.07, 6.45) is 2.15. The van der Waals surface area contributed by atoms with Crippen LogP contribution >= 0.6 is 11.3 Å². The van der Waals surface area contributed by atoms with E-state index in [9.17, 15) is 23.7 Å². The Morgan fingerprint density at radius 3 is 2.38 bits per heavy atom. The van der Waals surface area contributed by atoms with Crippen LogP contribution in [0.15, 0.2) is 100 Å². The van der Waals surface area contributed by atoms with E-state index in [0.29, 0.717) is 34.2 Å². The Morgan fingerprint density at radius 2 is 1.75 bits per heavy atom. The average molecular weight is 575 g/mol. The number of nitrogens with two attached hydrogens (primary N) is 1. The molecule has 40 heavy (non-hydrogen) atoms. The van der Waals surface area contributed by atoms with Gasteiger partial charge in [-0.1, -0.05) is 42.5 Å². The number of allylic oxidation sites excluding steroid dienone is 2. The quantitative estimate of drug-likeness (QED) is 0.168. The van der Waals surface area contributed by atoms with Gasteiger partial charge in [0.05, 0.1) is 10.6 Å². The van der Waals surface area contributed by atoms with E-state index < -0.39 is 16.0 Å². The van der Waals surface area contributed by atoms with Gasteiger partial charge in [-0.25, -0.2) is 23.3 Å². The molecule has 1 aliphatic rings. The summed E-state index contributed by atoms with van der Waals surface area (Å²) in [6, 6.07) is 22.9. The Hall–Kier alpha value is -4.32. The van der Waals surface area contributed by atoms with Crippen LogP contribution in [0.1, 0.15) is 34.5 Å². The van der Waals surface area contributed by atoms with Gasteiger partial charge in [0.25, 0.3) is 0 Å². The normalized spacial score (nSPS) is 13.8. The van der Waals surface area contributed by atoms with Crippen LogP contribution in [0.25, 0.3) is 0 Å². The van der Waals surface area contributed by atoms with Crippen molar-refractivity contribution in [2.75, 3.05) is 5.32 Å². The second-order valence-electron chi connectivity index (χ2n) is 9.32. The van der Waals surface area contributed by atoms with Crippen molar-refractivity contribution < 1.29 is 23.1 Å². The lowest BCUT2D eigenvalue weighted by atomic mass is 9.93. The standard InChI is InChI=1S/C29H26N4O5S2/c30-26(20-5-4-8-22(16-20)38-21-6-2-1-3-7-21)24(15-18-9-13-23(14-10-18)40(31,36)37)27(19-11-12-19)33-29-32-25(17-39-29)28(34)35/h1-10,13-14,16-17,19,30H,11-12,15H2,(H,32,33)(H,34,35)(H2,31,36,37)/b27-24-,30-26?. The second kappa shape index (κ2) is 11.4. The SMILES string of the molecule is N=C(/C(Cc1ccc(S(N)(=O)=O)cc1)=C(\Nc1nc(C(=O)O)cs1)C1CC1)c1cccc(Oc2ccccc2)c1. The summed E-state index contributed by atoms with van der Waals surface area (Å²) in [5.74, 6) is 0.298. The van der Waals surface area contributed by atoms with E-state index in [1.165, 1.54) is 28.8 Å². The van der Waals surface area contributed by atoms with Crippen LogP contribution in [0, 0.1) is 11.3 Å². The Morgan fingerprint density at radius 1 is 1.05 bits per heavy atom. The minimum atomic E-state index is -3.84. The zero-order chi connectivity index (χ0) is 28.3. The van der Waals surface area contributed by atoms with Gasteiger partial charge in [0.2, 0.25) is 10.0 Å². The van der Waals surface area contributed by atoms with Gasteiger partial charge in [-0.2, -0.15) is 0 Å². The minimum Gasteiger partial charge on any atom is -0.476 e. The molecule has 5 N–H and O–H groups in total. The molecule has 4 aromatic rings. The van der Waals surface area contributed by atoms with Gasteiger partial charge >= 0.3 is 5.97 Å². The Kier molecular flexibility index (Phi) is 7.78. The molecule has 5 rings (SSSR count). The summed E-state index contributed by atoms with van der Waals surface area (Å²) in [4.78, 5) is 15.6. The van der Waals surface area contributed by atoms with E-state index in [1.54, 1.807) is 18.2 Å². The van der Waals surface area contributed by atoms with E-state index >= 15 is 0 Å². The summed E-state index contributed by atoms with van der Waals surface area (Å²) in [5.41, 5.74) is 3.11. The second-order valence-corrected chi connectivity index (χ2v) is 11.7. The predicted octanol–water partition coefficient (Wildman–Crippen LogP) is 5.67. The van der Waals surface area contributed by atoms with E-state index in [-0.39, 0.29) is 22.2 Å². The van der Waals surface area contributed by atoms with Gasteiger partial charge in [0.15, 0.2) is 10.8 Å². The van der Waals surface area contributed by atoms with Crippen LogP contribution < -0.4 is 15.2 Å². The summed E-state index contributed by atoms with van der Waals surface area (Å²) in [5, 5.41) is 29.1. The Balaban J connectivity index is 1.53. The van der Waals surface area contributed by atoms with Crippen LogP contribution in [0.4, 0.5) is 5.13 Å². The van der Waals surface area contributed by atoms with Gasteiger partial charge in [-0.15, -0.1) is 11.3 Å².